The third-order valence-corrected chi connectivity index (χ3v) is 3.25. The monoisotopic (exact) mass is 298 g/mol. The van der Waals surface area contributed by atoms with Crippen LogP contribution in [0.15, 0.2) is 45.9 Å². The SMILES string of the molecule is Cc1cccc(-c2n[nH]c(=S)n2N=Cc2ccc(C)o2)c1. The third kappa shape index (κ3) is 2.85. The number of nitrogens with one attached hydrogen (secondary N) is 1. The molecule has 0 atom stereocenters. The topological polar surface area (TPSA) is 59.1 Å². The fraction of sp³-hybridized carbons (Fsp3) is 0.133. The van der Waals surface area contributed by atoms with Gasteiger partial charge in [-0.15, -0.1) is 0 Å². The lowest BCUT2D eigenvalue weighted by Crippen LogP contribution is -1.94. The highest BCUT2D eigenvalue weighted by atomic mass is 32.1. The van der Waals surface area contributed by atoms with Crippen LogP contribution in [0.25, 0.3) is 11.4 Å². The highest BCUT2D eigenvalue weighted by Gasteiger charge is 2.08. The Morgan fingerprint density at radius 1 is 1.29 bits per heavy atom. The number of hydrogen-bond acceptors (Lipinski definition) is 4. The lowest BCUT2D eigenvalue weighted by molar-refractivity contribution is 0.527. The molecule has 0 saturated carbocycles. The van der Waals surface area contributed by atoms with E-state index in [4.69, 9.17) is 16.6 Å². The summed E-state index contributed by atoms with van der Waals surface area (Å²) in [6.45, 7) is 3.92. The molecular formula is C15H14N4OS. The maximum atomic E-state index is 5.46. The van der Waals surface area contributed by atoms with Gasteiger partial charge in [-0.25, -0.2) is 5.10 Å². The molecule has 1 N–H and O–H groups in total. The summed E-state index contributed by atoms with van der Waals surface area (Å²) in [7, 11) is 0. The Kier molecular flexibility index (Phi) is 3.53. The van der Waals surface area contributed by atoms with Crippen LogP contribution in [0.1, 0.15) is 17.1 Å². The first-order chi connectivity index (χ1) is 10.1. The van der Waals surface area contributed by atoms with E-state index in [0.717, 1.165) is 16.9 Å². The average Bonchev–Trinajstić information content (AvgIpc) is 3.03. The van der Waals surface area contributed by atoms with E-state index in [1.165, 1.54) is 0 Å². The maximum Gasteiger partial charge on any atom is 0.216 e. The molecular weight excluding hydrogens is 284 g/mol. The molecule has 3 aromatic rings. The molecule has 2 aromatic heterocycles. The Bertz CT molecular complexity index is 856. The standard InChI is InChI=1S/C15H14N4OS/c1-10-4-3-5-12(8-10)14-17-18-15(21)19(14)16-9-13-7-6-11(2)20-13/h3-9H,1-2H3,(H,18,21). The van der Waals surface area contributed by atoms with Crippen LogP contribution in [-0.4, -0.2) is 21.1 Å². The number of hydrogen-bond donors (Lipinski definition) is 1. The summed E-state index contributed by atoms with van der Waals surface area (Å²) in [5.41, 5.74) is 2.11. The van der Waals surface area contributed by atoms with Crippen molar-refractivity contribution in [3.8, 4) is 11.4 Å². The van der Waals surface area contributed by atoms with Crippen molar-refractivity contribution >= 4 is 18.4 Å². The summed E-state index contributed by atoms with van der Waals surface area (Å²) >= 11 is 5.23. The van der Waals surface area contributed by atoms with Crippen molar-refractivity contribution in [3.63, 3.8) is 0 Å². The zero-order chi connectivity index (χ0) is 14.8. The predicted octanol–water partition coefficient (Wildman–Crippen LogP) is 3.70. The Morgan fingerprint density at radius 3 is 2.86 bits per heavy atom. The first kappa shape index (κ1) is 13.5. The normalized spacial score (nSPS) is 11.3. The number of nitrogens with zero attached hydrogens (tertiary/aromatic N) is 3. The number of benzene rings is 1. The molecule has 0 unspecified atom stereocenters. The minimum absolute atomic E-state index is 0.436. The quantitative estimate of drug-likeness (QED) is 0.592. The predicted molar refractivity (Wildman–Crippen MR) is 84.0 cm³/mol. The van der Waals surface area contributed by atoms with Crippen molar-refractivity contribution in [1.29, 1.82) is 0 Å². The smallest absolute Gasteiger partial charge is 0.216 e. The van der Waals surface area contributed by atoms with E-state index in [1.54, 1.807) is 10.9 Å². The number of aromatic nitrogens is 3. The Balaban J connectivity index is 2.01. The van der Waals surface area contributed by atoms with E-state index in [1.807, 2.05) is 50.2 Å². The third-order valence-electron chi connectivity index (χ3n) is 2.99. The first-order valence-corrected chi connectivity index (χ1v) is 6.89. The van der Waals surface area contributed by atoms with Crippen molar-refractivity contribution in [2.45, 2.75) is 13.8 Å². The number of furan rings is 1. The van der Waals surface area contributed by atoms with Crippen molar-refractivity contribution in [2.24, 2.45) is 5.10 Å². The molecule has 3 rings (SSSR count). The van der Waals surface area contributed by atoms with Gasteiger partial charge in [-0.05, 0) is 44.3 Å². The second-order valence-corrected chi connectivity index (χ2v) is 5.11. The fourth-order valence-corrected chi connectivity index (χ4v) is 2.19. The number of rotatable bonds is 3. The molecule has 0 aliphatic carbocycles. The van der Waals surface area contributed by atoms with E-state index in [9.17, 15) is 0 Å². The molecule has 106 valence electrons. The van der Waals surface area contributed by atoms with Crippen LogP contribution >= 0.6 is 12.2 Å². The molecule has 0 amide bonds. The van der Waals surface area contributed by atoms with Crippen LogP contribution in [0, 0.1) is 18.6 Å². The highest BCUT2D eigenvalue weighted by molar-refractivity contribution is 7.71. The highest BCUT2D eigenvalue weighted by Crippen LogP contribution is 2.18. The van der Waals surface area contributed by atoms with Crippen LogP contribution in [0.3, 0.4) is 0 Å². The molecule has 21 heavy (non-hydrogen) atoms. The van der Waals surface area contributed by atoms with E-state index >= 15 is 0 Å². The van der Waals surface area contributed by atoms with Crippen molar-refractivity contribution < 1.29 is 4.42 Å². The molecule has 0 aliphatic heterocycles. The van der Waals surface area contributed by atoms with Crippen molar-refractivity contribution in [1.82, 2.24) is 14.9 Å². The molecule has 1 aromatic carbocycles. The lowest BCUT2D eigenvalue weighted by atomic mass is 10.1. The molecule has 0 bridgehead atoms. The van der Waals surface area contributed by atoms with Gasteiger partial charge < -0.3 is 4.42 Å². The van der Waals surface area contributed by atoms with Crippen LogP contribution in [0.5, 0.6) is 0 Å². The Hall–Kier alpha value is -2.47. The summed E-state index contributed by atoms with van der Waals surface area (Å²) in [6.07, 6.45) is 1.62. The van der Waals surface area contributed by atoms with Gasteiger partial charge >= 0.3 is 0 Å². The van der Waals surface area contributed by atoms with Gasteiger partial charge in [0.15, 0.2) is 5.82 Å². The number of aromatic amines is 1. The fourth-order valence-electron chi connectivity index (χ4n) is 2.01. The largest absolute Gasteiger partial charge is 0.460 e. The second kappa shape index (κ2) is 5.49. The first-order valence-electron chi connectivity index (χ1n) is 6.49. The summed E-state index contributed by atoms with van der Waals surface area (Å²) in [4.78, 5) is 0. The van der Waals surface area contributed by atoms with Gasteiger partial charge in [0, 0.05) is 5.56 Å². The molecule has 5 nitrogen and oxygen atoms in total. The lowest BCUT2D eigenvalue weighted by Gasteiger charge is -2.01. The molecule has 0 fully saturated rings. The zero-order valence-corrected chi connectivity index (χ0v) is 12.5. The van der Waals surface area contributed by atoms with E-state index in [-0.39, 0.29) is 0 Å². The van der Waals surface area contributed by atoms with Gasteiger partial charge in [-0.2, -0.15) is 14.9 Å². The van der Waals surface area contributed by atoms with Crippen molar-refractivity contribution in [3.05, 3.63) is 58.3 Å². The molecule has 0 spiro atoms. The minimum atomic E-state index is 0.436. The van der Waals surface area contributed by atoms with Gasteiger partial charge in [-0.3, -0.25) is 0 Å². The zero-order valence-electron chi connectivity index (χ0n) is 11.7. The minimum Gasteiger partial charge on any atom is -0.460 e. The van der Waals surface area contributed by atoms with Gasteiger partial charge in [0.1, 0.15) is 11.5 Å². The van der Waals surface area contributed by atoms with Gasteiger partial charge in [0.25, 0.3) is 0 Å². The number of aryl methyl sites for hydroxylation is 2. The average molecular weight is 298 g/mol. The van der Waals surface area contributed by atoms with Crippen LogP contribution in [0.4, 0.5) is 0 Å². The van der Waals surface area contributed by atoms with Gasteiger partial charge in [-0.1, -0.05) is 23.8 Å². The summed E-state index contributed by atoms with van der Waals surface area (Å²) in [6, 6.07) is 11.8. The molecule has 6 heteroatoms. The van der Waals surface area contributed by atoms with Gasteiger partial charge in [0.05, 0.1) is 6.21 Å². The molecule has 0 aliphatic rings. The molecule has 0 saturated heterocycles. The summed E-state index contributed by atoms with van der Waals surface area (Å²) in [5.74, 6) is 2.18. The van der Waals surface area contributed by atoms with Crippen LogP contribution < -0.4 is 0 Å². The second-order valence-electron chi connectivity index (χ2n) is 4.73. The molecule has 0 radical (unpaired) electrons. The molecule has 2 heterocycles. The van der Waals surface area contributed by atoms with Gasteiger partial charge in [0.2, 0.25) is 4.77 Å². The van der Waals surface area contributed by atoms with E-state index < -0.39 is 0 Å². The van der Waals surface area contributed by atoms with E-state index in [2.05, 4.69) is 15.3 Å². The summed E-state index contributed by atoms with van der Waals surface area (Å²) < 4.78 is 7.48. The van der Waals surface area contributed by atoms with Crippen molar-refractivity contribution in [2.75, 3.05) is 0 Å². The summed E-state index contributed by atoms with van der Waals surface area (Å²) in [5, 5.41) is 11.4. The van der Waals surface area contributed by atoms with Crippen LogP contribution in [0.2, 0.25) is 0 Å². The number of H-pyrrole nitrogens is 1. The van der Waals surface area contributed by atoms with E-state index in [0.29, 0.717) is 16.4 Å². The Labute approximate surface area is 126 Å². The maximum absolute atomic E-state index is 5.46. The van der Waals surface area contributed by atoms with Crippen LogP contribution in [-0.2, 0) is 0 Å². The Morgan fingerprint density at radius 2 is 2.14 bits per heavy atom.